The molecule has 2 rings (SSSR count). The van der Waals surface area contributed by atoms with E-state index in [9.17, 15) is 19.1 Å². The molecule has 23 heavy (non-hydrogen) atoms. The monoisotopic (exact) mass is 353 g/mol. The number of unbranched alkanes of at least 4 members (excludes halogenated alkanes) is 1. The zero-order valence-electron chi connectivity index (χ0n) is 12.5. The number of carbonyl (C=O) groups excluding carboxylic acids is 1. The molecule has 0 aromatic heterocycles. The Kier molecular flexibility index (Phi) is 5.90. The molecule has 0 bridgehead atoms. The molecule has 1 aromatic rings. The summed E-state index contributed by atoms with van der Waals surface area (Å²) in [6.45, 7) is 1.95. The van der Waals surface area contributed by atoms with Crippen LogP contribution in [0.5, 0.6) is 0 Å². The summed E-state index contributed by atoms with van der Waals surface area (Å²) in [6.07, 6.45) is 3.40. The molecule has 1 amide bonds. The fourth-order valence-electron chi connectivity index (χ4n) is 2.26. The number of amides is 1. The first kappa shape index (κ1) is 17.6. The maximum Gasteiger partial charge on any atom is 0.326 e. The van der Waals surface area contributed by atoms with Crippen molar-refractivity contribution in [1.82, 2.24) is 4.90 Å². The highest BCUT2D eigenvalue weighted by atomic mass is 32.2. The van der Waals surface area contributed by atoms with Crippen molar-refractivity contribution in [3.8, 4) is 0 Å². The van der Waals surface area contributed by atoms with Crippen molar-refractivity contribution in [1.29, 1.82) is 0 Å². The summed E-state index contributed by atoms with van der Waals surface area (Å²) in [4.78, 5) is 25.4. The van der Waals surface area contributed by atoms with Crippen molar-refractivity contribution in [3.05, 3.63) is 40.6 Å². The summed E-state index contributed by atoms with van der Waals surface area (Å²) >= 11 is 6.22. The Balaban J connectivity index is 2.26. The summed E-state index contributed by atoms with van der Waals surface area (Å²) in [5.41, 5.74) is 0.533. The van der Waals surface area contributed by atoms with Gasteiger partial charge >= 0.3 is 5.97 Å². The van der Waals surface area contributed by atoms with Crippen molar-refractivity contribution in [2.45, 2.75) is 32.2 Å². The molecule has 1 aliphatic heterocycles. The van der Waals surface area contributed by atoms with Crippen LogP contribution < -0.4 is 0 Å². The van der Waals surface area contributed by atoms with Gasteiger partial charge in [-0.2, -0.15) is 0 Å². The number of carboxylic acids is 1. The van der Waals surface area contributed by atoms with Crippen molar-refractivity contribution in [2.24, 2.45) is 0 Å². The van der Waals surface area contributed by atoms with E-state index in [0.717, 1.165) is 23.1 Å². The maximum atomic E-state index is 13.2. The van der Waals surface area contributed by atoms with E-state index in [1.54, 1.807) is 12.1 Å². The first-order valence-corrected chi connectivity index (χ1v) is 8.42. The van der Waals surface area contributed by atoms with E-state index >= 15 is 0 Å². The highest BCUT2D eigenvalue weighted by molar-refractivity contribution is 8.26. The lowest BCUT2D eigenvalue weighted by Crippen LogP contribution is -2.43. The predicted molar refractivity (Wildman–Crippen MR) is 92.4 cm³/mol. The molecule has 1 saturated heterocycles. The first-order valence-electron chi connectivity index (χ1n) is 7.19. The Morgan fingerprint density at radius 2 is 2.26 bits per heavy atom. The minimum Gasteiger partial charge on any atom is -0.480 e. The van der Waals surface area contributed by atoms with E-state index in [2.05, 4.69) is 0 Å². The lowest BCUT2D eigenvalue weighted by Gasteiger charge is -2.22. The standard InChI is InChI=1S/C16H16FNO3S2/c1-2-3-7-12(15(20)21)18-14(19)13(23-16(18)22)9-10-5-4-6-11(17)8-10/h4-6,8-9,12H,2-3,7H2,1H3,(H,20,21). The third-order valence-corrected chi connectivity index (χ3v) is 4.73. The van der Waals surface area contributed by atoms with Gasteiger partial charge < -0.3 is 5.11 Å². The molecule has 7 heteroatoms. The van der Waals surface area contributed by atoms with E-state index in [0.29, 0.717) is 23.3 Å². The van der Waals surface area contributed by atoms with Gasteiger partial charge in [-0.1, -0.05) is 55.9 Å². The number of halogens is 1. The minimum atomic E-state index is -1.07. The Hall–Kier alpha value is -1.73. The molecular weight excluding hydrogens is 337 g/mol. The lowest BCUT2D eigenvalue weighted by atomic mass is 10.1. The molecule has 0 saturated carbocycles. The second kappa shape index (κ2) is 7.70. The van der Waals surface area contributed by atoms with Crippen LogP contribution in [0, 0.1) is 5.82 Å². The van der Waals surface area contributed by atoms with Gasteiger partial charge in [0.05, 0.1) is 4.91 Å². The fraction of sp³-hybridized carbons (Fsp3) is 0.312. The highest BCUT2D eigenvalue weighted by Gasteiger charge is 2.40. The minimum absolute atomic E-state index is 0.223. The normalized spacial score (nSPS) is 17.8. The summed E-state index contributed by atoms with van der Waals surface area (Å²) in [7, 11) is 0. The SMILES string of the molecule is CCCCC(C(=O)O)N1C(=O)C(=Cc2cccc(F)c2)SC1=S. The summed E-state index contributed by atoms with van der Waals surface area (Å²) < 4.78 is 13.5. The number of aliphatic carboxylic acids is 1. The van der Waals surface area contributed by atoms with Crippen LogP contribution in [0.2, 0.25) is 0 Å². The Bertz CT molecular complexity index is 675. The molecule has 122 valence electrons. The van der Waals surface area contributed by atoms with Gasteiger partial charge in [-0.05, 0) is 30.2 Å². The van der Waals surface area contributed by atoms with Crippen LogP contribution in [0.1, 0.15) is 31.7 Å². The zero-order chi connectivity index (χ0) is 17.0. The van der Waals surface area contributed by atoms with Crippen LogP contribution in [0.15, 0.2) is 29.2 Å². The number of thiocarbonyl (C=S) groups is 1. The average Bonchev–Trinajstić information content (AvgIpc) is 2.75. The van der Waals surface area contributed by atoms with Crippen LogP contribution in [0.25, 0.3) is 6.08 Å². The molecule has 1 aliphatic rings. The molecule has 1 N–H and O–H groups in total. The predicted octanol–water partition coefficient (Wildman–Crippen LogP) is 3.67. The summed E-state index contributed by atoms with van der Waals surface area (Å²) in [5.74, 6) is -1.91. The van der Waals surface area contributed by atoms with Crippen LogP contribution in [0.3, 0.4) is 0 Å². The van der Waals surface area contributed by atoms with Gasteiger partial charge in [-0.25, -0.2) is 9.18 Å². The maximum absolute atomic E-state index is 13.2. The molecule has 1 fully saturated rings. The molecule has 4 nitrogen and oxygen atoms in total. The first-order chi connectivity index (χ1) is 10.9. The number of carbonyl (C=O) groups is 2. The van der Waals surface area contributed by atoms with Gasteiger partial charge in [-0.15, -0.1) is 0 Å². The largest absolute Gasteiger partial charge is 0.480 e. The van der Waals surface area contributed by atoms with Gasteiger partial charge in [0.1, 0.15) is 16.2 Å². The molecule has 1 unspecified atom stereocenters. The van der Waals surface area contributed by atoms with E-state index in [1.807, 2.05) is 6.92 Å². The van der Waals surface area contributed by atoms with Crippen LogP contribution in [-0.2, 0) is 9.59 Å². The number of hydrogen-bond donors (Lipinski definition) is 1. The smallest absolute Gasteiger partial charge is 0.326 e. The van der Waals surface area contributed by atoms with E-state index in [1.165, 1.54) is 18.2 Å². The molecule has 1 aromatic carbocycles. The Labute approximate surface area is 143 Å². The molecule has 1 atom stereocenters. The number of rotatable bonds is 6. The van der Waals surface area contributed by atoms with Gasteiger partial charge in [0.15, 0.2) is 0 Å². The second-order valence-electron chi connectivity index (χ2n) is 5.10. The van der Waals surface area contributed by atoms with Gasteiger partial charge in [0.2, 0.25) is 0 Å². The Morgan fingerprint density at radius 3 is 2.87 bits per heavy atom. The summed E-state index contributed by atoms with van der Waals surface area (Å²) in [6, 6.07) is 4.87. The third kappa shape index (κ3) is 4.17. The number of hydrogen-bond acceptors (Lipinski definition) is 4. The zero-order valence-corrected chi connectivity index (χ0v) is 14.1. The molecule has 1 heterocycles. The van der Waals surface area contributed by atoms with E-state index in [4.69, 9.17) is 12.2 Å². The summed E-state index contributed by atoms with van der Waals surface area (Å²) in [5, 5.41) is 9.38. The number of carboxylic acid groups (broad SMARTS) is 1. The highest BCUT2D eigenvalue weighted by Crippen LogP contribution is 2.35. The van der Waals surface area contributed by atoms with E-state index in [-0.39, 0.29) is 4.32 Å². The van der Waals surface area contributed by atoms with E-state index < -0.39 is 23.7 Å². The van der Waals surface area contributed by atoms with Crippen molar-refractivity contribution >= 4 is 46.3 Å². The molecule has 0 aliphatic carbocycles. The lowest BCUT2D eigenvalue weighted by molar-refractivity contribution is -0.145. The van der Waals surface area contributed by atoms with Crippen LogP contribution in [-0.4, -0.2) is 32.2 Å². The van der Waals surface area contributed by atoms with Crippen LogP contribution >= 0.6 is 24.0 Å². The number of benzene rings is 1. The van der Waals surface area contributed by atoms with Crippen molar-refractivity contribution < 1.29 is 19.1 Å². The van der Waals surface area contributed by atoms with Gasteiger partial charge in [0.25, 0.3) is 5.91 Å². The number of thioether (sulfide) groups is 1. The van der Waals surface area contributed by atoms with Crippen LogP contribution in [0.4, 0.5) is 4.39 Å². The fourth-order valence-corrected chi connectivity index (χ4v) is 3.61. The molecular formula is C16H16FNO3S2. The molecule has 0 radical (unpaired) electrons. The van der Waals surface area contributed by atoms with Crippen molar-refractivity contribution in [3.63, 3.8) is 0 Å². The van der Waals surface area contributed by atoms with Crippen molar-refractivity contribution in [2.75, 3.05) is 0 Å². The third-order valence-electron chi connectivity index (χ3n) is 3.40. The second-order valence-corrected chi connectivity index (χ2v) is 6.78. The topological polar surface area (TPSA) is 57.6 Å². The Morgan fingerprint density at radius 1 is 1.52 bits per heavy atom. The van der Waals surface area contributed by atoms with Gasteiger partial charge in [0, 0.05) is 0 Å². The average molecular weight is 353 g/mol. The molecule has 0 spiro atoms. The quantitative estimate of drug-likeness (QED) is 0.625. The van der Waals surface area contributed by atoms with Gasteiger partial charge in [-0.3, -0.25) is 9.69 Å². The number of nitrogens with zero attached hydrogens (tertiary/aromatic N) is 1.